The lowest BCUT2D eigenvalue weighted by atomic mass is 9.99. The maximum absolute atomic E-state index is 2.30. The molecular weight excluding hydrogens is 417 g/mol. The number of thioether (sulfide) groups is 4. The Kier molecular flexibility index (Phi) is 4.87. The lowest BCUT2D eigenvalue weighted by Crippen LogP contribution is -2.16. The van der Waals surface area contributed by atoms with Gasteiger partial charge in [-0.15, -0.1) is 0 Å². The van der Waals surface area contributed by atoms with Crippen molar-refractivity contribution in [2.24, 2.45) is 0 Å². The number of hydrogen-bond acceptors (Lipinski definition) is 4. The second-order valence-electron chi connectivity index (χ2n) is 7.05. The molecule has 0 N–H and O–H groups in total. The highest BCUT2D eigenvalue weighted by Gasteiger charge is 2.21. The summed E-state index contributed by atoms with van der Waals surface area (Å²) in [6, 6.07) is 17.9. The zero-order valence-electron chi connectivity index (χ0n) is 16.3. The zero-order chi connectivity index (χ0) is 19.4. The predicted octanol–water partition coefficient (Wildman–Crippen LogP) is 7.59. The molecule has 4 heteroatoms. The average Bonchev–Trinajstić information content (AvgIpc) is 3.20. The summed E-state index contributed by atoms with van der Waals surface area (Å²) in [5.74, 6) is 0. The zero-order valence-corrected chi connectivity index (χ0v) is 19.5. The van der Waals surface area contributed by atoms with Gasteiger partial charge in [0, 0.05) is 10.4 Å². The minimum atomic E-state index is 1.37. The molecule has 2 heterocycles. The number of hydrogen-bond donors (Lipinski definition) is 0. The highest BCUT2D eigenvalue weighted by molar-refractivity contribution is 8.36. The van der Waals surface area contributed by atoms with E-state index >= 15 is 0 Å². The largest absolute Gasteiger partial charge is 0.0860 e. The molecule has 140 valence electrons. The molecule has 28 heavy (non-hydrogen) atoms. The summed E-state index contributed by atoms with van der Waals surface area (Å²) in [5.41, 5.74) is 0. The van der Waals surface area contributed by atoms with E-state index in [4.69, 9.17) is 0 Å². The first-order chi connectivity index (χ1) is 13.5. The van der Waals surface area contributed by atoms with Crippen molar-refractivity contribution in [3.63, 3.8) is 0 Å². The van der Waals surface area contributed by atoms with Crippen LogP contribution in [0.1, 0.15) is 27.7 Å². The fourth-order valence-corrected chi connectivity index (χ4v) is 8.97. The third-order valence-electron chi connectivity index (χ3n) is 5.31. The minimum Gasteiger partial charge on any atom is -0.0860 e. The fourth-order valence-electron chi connectivity index (χ4n) is 3.66. The van der Waals surface area contributed by atoms with Crippen molar-refractivity contribution in [1.29, 1.82) is 0 Å². The first-order valence-electron chi connectivity index (χ1n) is 9.29. The Morgan fingerprint density at radius 3 is 0.929 bits per heavy atom. The van der Waals surface area contributed by atoms with Crippen LogP contribution in [0.3, 0.4) is 0 Å². The maximum atomic E-state index is 2.30. The van der Waals surface area contributed by atoms with Crippen LogP contribution in [0, 0.1) is 0 Å². The average molecular weight is 437 g/mol. The Bertz CT molecular complexity index is 1140. The summed E-state index contributed by atoms with van der Waals surface area (Å²) in [6.45, 7) is 8.94. The topological polar surface area (TPSA) is 0 Å². The third kappa shape index (κ3) is 2.97. The Morgan fingerprint density at radius 1 is 0.429 bits per heavy atom. The van der Waals surface area contributed by atoms with E-state index in [2.05, 4.69) is 76.2 Å². The van der Waals surface area contributed by atoms with Gasteiger partial charge < -0.3 is 0 Å². The molecule has 0 saturated heterocycles. The Morgan fingerprint density at radius 2 is 0.679 bits per heavy atom. The van der Waals surface area contributed by atoms with Crippen molar-refractivity contribution in [2.75, 3.05) is 0 Å². The van der Waals surface area contributed by atoms with Gasteiger partial charge in [-0.2, -0.15) is 0 Å². The molecule has 3 aromatic carbocycles. The molecule has 0 atom stereocenters. The van der Waals surface area contributed by atoms with Crippen molar-refractivity contribution in [3.05, 3.63) is 78.6 Å². The van der Waals surface area contributed by atoms with Crippen LogP contribution in [-0.4, -0.2) is 0 Å². The second kappa shape index (κ2) is 7.24. The summed E-state index contributed by atoms with van der Waals surface area (Å²) in [7, 11) is 0. The van der Waals surface area contributed by atoms with Crippen LogP contribution in [0.4, 0.5) is 0 Å². The molecule has 0 bridgehead atoms. The maximum Gasteiger partial charge on any atom is 0.0577 e. The van der Waals surface area contributed by atoms with Crippen LogP contribution in [0.25, 0.3) is 30.0 Å². The van der Waals surface area contributed by atoms with Gasteiger partial charge in [0.15, 0.2) is 0 Å². The van der Waals surface area contributed by atoms with Crippen LogP contribution in [-0.2, 0) is 0 Å². The monoisotopic (exact) mass is 436 g/mol. The van der Waals surface area contributed by atoms with Gasteiger partial charge in [0.25, 0.3) is 0 Å². The molecule has 2 aliphatic rings. The van der Waals surface area contributed by atoms with E-state index in [0.29, 0.717) is 0 Å². The van der Waals surface area contributed by atoms with Crippen LogP contribution < -0.4 is 10.4 Å². The molecule has 0 nitrogen and oxygen atoms in total. The number of rotatable bonds is 0. The second-order valence-corrected chi connectivity index (χ2v) is 12.5. The molecule has 2 aliphatic heterocycles. The van der Waals surface area contributed by atoms with Crippen molar-refractivity contribution in [3.8, 4) is 0 Å². The molecular formula is C24H20S4. The lowest BCUT2D eigenvalue weighted by Gasteiger charge is -2.11. The molecule has 0 aliphatic carbocycles. The minimum absolute atomic E-state index is 1.37. The van der Waals surface area contributed by atoms with Gasteiger partial charge >= 0.3 is 0 Å². The van der Waals surface area contributed by atoms with Crippen molar-refractivity contribution < 1.29 is 0 Å². The standard InChI is InChI=1S/C24H20S4/c1-13-14(2)26-23(25-13)21-17-9-5-7-11-19(17)22(20-12-8-6-10-18(20)21)24-27-15(3)16(4)28-24/h5-12H,1-4H3. The fraction of sp³-hybridized carbons (Fsp3) is 0.167. The van der Waals surface area contributed by atoms with E-state index < -0.39 is 0 Å². The Balaban J connectivity index is 2.00. The Labute approximate surface area is 182 Å². The third-order valence-corrected chi connectivity index (χ3v) is 10.6. The van der Waals surface area contributed by atoms with Gasteiger partial charge in [0.1, 0.15) is 0 Å². The molecule has 0 unspecified atom stereocenters. The molecule has 0 aromatic heterocycles. The summed E-state index contributed by atoms with van der Waals surface area (Å²) in [4.78, 5) is 5.68. The van der Waals surface area contributed by atoms with Crippen LogP contribution >= 0.6 is 47.0 Å². The highest BCUT2D eigenvalue weighted by Crippen LogP contribution is 2.51. The summed E-state index contributed by atoms with van der Waals surface area (Å²) >= 11 is 7.72. The SMILES string of the molecule is CC1=C(C)SC(=c2c3ccccc3c(=C3SC(C)=C(C)S3)c3ccccc23)S1. The van der Waals surface area contributed by atoms with E-state index in [-0.39, 0.29) is 0 Å². The van der Waals surface area contributed by atoms with Crippen LogP contribution in [0.5, 0.6) is 0 Å². The first-order valence-corrected chi connectivity index (χ1v) is 12.6. The highest BCUT2D eigenvalue weighted by atomic mass is 32.2. The van der Waals surface area contributed by atoms with Crippen molar-refractivity contribution in [1.82, 2.24) is 0 Å². The lowest BCUT2D eigenvalue weighted by molar-refractivity contribution is 1.57. The predicted molar refractivity (Wildman–Crippen MR) is 135 cm³/mol. The van der Waals surface area contributed by atoms with Gasteiger partial charge in [0.2, 0.25) is 0 Å². The molecule has 5 rings (SSSR count). The summed E-state index contributed by atoms with van der Waals surface area (Å²) in [6.07, 6.45) is 0. The van der Waals surface area contributed by atoms with Gasteiger partial charge in [0.05, 0.1) is 8.47 Å². The molecule has 0 spiro atoms. The molecule has 0 fully saturated rings. The van der Waals surface area contributed by atoms with Gasteiger partial charge in [-0.3, -0.25) is 0 Å². The molecule has 3 aromatic rings. The van der Waals surface area contributed by atoms with Crippen molar-refractivity contribution >= 4 is 77.1 Å². The number of allylic oxidation sites excluding steroid dienone is 4. The quantitative estimate of drug-likeness (QED) is 0.333. The van der Waals surface area contributed by atoms with E-state index in [1.54, 1.807) is 0 Å². The van der Waals surface area contributed by atoms with E-state index in [1.165, 1.54) is 60.1 Å². The van der Waals surface area contributed by atoms with E-state index in [9.17, 15) is 0 Å². The van der Waals surface area contributed by atoms with E-state index in [1.807, 2.05) is 47.0 Å². The van der Waals surface area contributed by atoms with Gasteiger partial charge in [-0.25, -0.2) is 0 Å². The van der Waals surface area contributed by atoms with Gasteiger partial charge in [-0.05, 0) is 68.9 Å². The Hall–Kier alpha value is -1.20. The van der Waals surface area contributed by atoms with Gasteiger partial charge in [-0.1, -0.05) is 95.6 Å². The smallest absolute Gasteiger partial charge is 0.0577 e. The van der Waals surface area contributed by atoms with Crippen molar-refractivity contribution in [2.45, 2.75) is 27.7 Å². The van der Waals surface area contributed by atoms with E-state index in [0.717, 1.165) is 0 Å². The van der Waals surface area contributed by atoms with Crippen LogP contribution in [0.2, 0.25) is 0 Å². The molecule has 0 amide bonds. The normalized spacial score (nSPS) is 17.7. The van der Waals surface area contributed by atoms with Crippen LogP contribution in [0.15, 0.2) is 68.2 Å². The first kappa shape index (κ1) is 18.8. The summed E-state index contributed by atoms with van der Waals surface area (Å²) < 4.78 is 2.83. The summed E-state index contributed by atoms with van der Waals surface area (Å²) in [5, 5.41) is 8.26. The molecule has 0 radical (unpaired) electrons. The molecule has 0 saturated carbocycles. The number of fused-ring (bicyclic) bond motifs is 2. The number of benzene rings is 3.